The number of hydrogen-bond donors (Lipinski definition) is 0. The molecule has 0 bridgehead atoms. The van der Waals surface area contributed by atoms with E-state index < -0.39 is 0 Å². The smallest absolute Gasteiger partial charge is 0.123 e. The van der Waals surface area contributed by atoms with Crippen LogP contribution in [-0.2, 0) is 6.42 Å². The van der Waals surface area contributed by atoms with Gasteiger partial charge in [0, 0.05) is 17.8 Å². The highest BCUT2D eigenvalue weighted by atomic mass is 19.1. The van der Waals surface area contributed by atoms with Gasteiger partial charge in [-0.1, -0.05) is 24.8 Å². The molecular formula is C29H32FNO3. The SMILES string of the molecule is C=C(c1cccc(F)c1)N1CCc2cc(OC(C)C)ccc2C1COc1ccc(OCC)cc1. The molecule has 0 spiro atoms. The van der Waals surface area contributed by atoms with Crippen molar-refractivity contribution in [3.05, 3.63) is 95.8 Å². The summed E-state index contributed by atoms with van der Waals surface area (Å²) in [6.07, 6.45) is 0.961. The van der Waals surface area contributed by atoms with Crippen LogP contribution in [0.2, 0.25) is 0 Å². The highest BCUT2D eigenvalue weighted by molar-refractivity contribution is 5.63. The molecule has 0 saturated carbocycles. The number of nitrogens with zero attached hydrogens (tertiary/aromatic N) is 1. The highest BCUT2D eigenvalue weighted by Crippen LogP contribution is 2.37. The van der Waals surface area contributed by atoms with Crippen molar-refractivity contribution < 1.29 is 18.6 Å². The van der Waals surface area contributed by atoms with Gasteiger partial charge in [0.1, 0.15) is 29.7 Å². The van der Waals surface area contributed by atoms with Crippen molar-refractivity contribution in [1.29, 1.82) is 0 Å². The largest absolute Gasteiger partial charge is 0.494 e. The Kier molecular flexibility index (Phi) is 7.41. The van der Waals surface area contributed by atoms with Crippen molar-refractivity contribution >= 4 is 5.70 Å². The van der Waals surface area contributed by atoms with Gasteiger partial charge in [0.15, 0.2) is 0 Å². The summed E-state index contributed by atoms with van der Waals surface area (Å²) >= 11 is 0. The van der Waals surface area contributed by atoms with Crippen LogP contribution in [0, 0.1) is 5.82 Å². The number of hydrogen-bond acceptors (Lipinski definition) is 4. The first-order chi connectivity index (χ1) is 16.4. The molecule has 1 aliphatic rings. The number of fused-ring (bicyclic) bond motifs is 1. The maximum Gasteiger partial charge on any atom is 0.123 e. The maximum atomic E-state index is 13.9. The standard InChI is InChI=1S/C29H32FNO3/c1-5-32-25-9-11-26(12-10-25)33-19-29-28-14-13-27(34-20(2)3)18-23(28)15-16-31(29)21(4)22-7-6-8-24(30)17-22/h6-14,17-18,20,29H,4-5,15-16,19H2,1-3H3. The van der Waals surface area contributed by atoms with Crippen molar-refractivity contribution in [1.82, 2.24) is 4.90 Å². The number of halogens is 1. The second kappa shape index (κ2) is 10.6. The molecule has 0 N–H and O–H groups in total. The molecule has 5 heteroatoms. The molecule has 1 unspecified atom stereocenters. The number of benzene rings is 3. The van der Waals surface area contributed by atoms with Crippen molar-refractivity contribution in [2.24, 2.45) is 0 Å². The zero-order chi connectivity index (χ0) is 24.1. The first-order valence-electron chi connectivity index (χ1n) is 11.8. The highest BCUT2D eigenvalue weighted by Gasteiger charge is 2.30. The van der Waals surface area contributed by atoms with Crippen molar-refractivity contribution in [2.75, 3.05) is 19.8 Å². The van der Waals surface area contributed by atoms with Gasteiger partial charge in [-0.3, -0.25) is 0 Å². The predicted octanol–water partition coefficient (Wildman–Crippen LogP) is 6.66. The van der Waals surface area contributed by atoms with Crippen LogP contribution in [0.1, 0.15) is 43.5 Å². The van der Waals surface area contributed by atoms with Crippen LogP contribution in [0.15, 0.2) is 73.3 Å². The van der Waals surface area contributed by atoms with Gasteiger partial charge in [0.25, 0.3) is 0 Å². The maximum absolute atomic E-state index is 13.9. The third-order valence-electron chi connectivity index (χ3n) is 5.89. The van der Waals surface area contributed by atoms with Gasteiger partial charge in [-0.2, -0.15) is 0 Å². The topological polar surface area (TPSA) is 30.9 Å². The molecule has 178 valence electrons. The van der Waals surface area contributed by atoms with Crippen molar-refractivity contribution in [3.63, 3.8) is 0 Å². The third kappa shape index (κ3) is 5.53. The number of ether oxygens (including phenoxy) is 3. The molecule has 0 aromatic heterocycles. The van der Waals surface area contributed by atoms with Crippen molar-refractivity contribution in [3.8, 4) is 17.2 Å². The molecule has 0 aliphatic carbocycles. The molecule has 4 nitrogen and oxygen atoms in total. The Hall–Kier alpha value is -3.47. The summed E-state index contributed by atoms with van der Waals surface area (Å²) in [5.74, 6) is 2.19. The predicted molar refractivity (Wildman–Crippen MR) is 134 cm³/mol. The van der Waals surface area contributed by atoms with E-state index in [0.717, 1.165) is 41.5 Å². The minimum atomic E-state index is -0.270. The second-order valence-corrected chi connectivity index (χ2v) is 8.66. The molecule has 34 heavy (non-hydrogen) atoms. The molecular weight excluding hydrogens is 429 g/mol. The lowest BCUT2D eigenvalue weighted by molar-refractivity contribution is 0.180. The molecule has 3 aromatic carbocycles. The minimum Gasteiger partial charge on any atom is -0.494 e. The minimum absolute atomic E-state index is 0.0702. The lowest BCUT2D eigenvalue weighted by Crippen LogP contribution is -2.37. The van der Waals surface area contributed by atoms with E-state index in [4.69, 9.17) is 14.2 Å². The van der Waals surface area contributed by atoms with Crippen LogP contribution in [0.5, 0.6) is 17.2 Å². The van der Waals surface area contributed by atoms with Crippen molar-refractivity contribution in [2.45, 2.75) is 39.3 Å². The Labute approximate surface area is 201 Å². The van der Waals surface area contributed by atoms with Gasteiger partial charge >= 0.3 is 0 Å². The van der Waals surface area contributed by atoms with E-state index in [1.165, 1.54) is 23.3 Å². The Morgan fingerprint density at radius 3 is 2.38 bits per heavy atom. The average molecular weight is 462 g/mol. The first kappa shape index (κ1) is 23.7. The van der Waals surface area contributed by atoms with E-state index in [2.05, 4.69) is 23.6 Å². The molecule has 1 heterocycles. The Balaban J connectivity index is 1.61. The van der Waals surface area contributed by atoms with Crippen LogP contribution in [0.25, 0.3) is 5.70 Å². The van der Waals surface area contributed by atoms with E-state index in [9.17, 15) is 4.39 Å². The fraction of sp³-hybridized carbons (Fsp3) is 0.310. The lowest BCUT2D eigenvalue weighted by atomic mass is 9.91. The van der Waals surface area contributed by atoms with Crippen LogP contribution in [0.3, 0.4) is 0 Å². The summed E-state index contributed by atoms with van der Waals surface area (Å²) in [5, 5.41) is 0. The lowest BCUT2D eigenvalue weighted by Gasteiger charge is -2.40. The van der Waals surface area contributed by atoms with E-state index in [0.29, 0.717) is 13.2 Å². The fourth-order valence-electron chi connectivity index (χ4n) is 4.34. The normalized spacial score (nSPS) is 15.1. The van der Waals surface area contributed by atoms with Gasteiger partial charge in [-0.25, -0.2) is 4.39 Å². The summed E-state index contributed by atoms with van der Waals surface area (Å²) in [6.45, 7) is 12.1. The first-order valence-corrected chi connectivity index (χ1v) is 11.8. The van der Waals surface area contributed by atoms with Gasteiger partial charge in [0.05, 0.1) is 18.8 Å². The molecule has 1 atom stereocenters. The summed E-state index contributed by atoms with van der Waals surface area (Å²) < 4.78 is 31.6. The van der Waals surface area contributed by atoms with Crippen LogP contribution in [0.4, 0.5) is 4.39 Å². The summed E-state index contributed by atoms with van der Waals surface area (Å²) in [6, 6.07) is 20.4. The second-order valence-electron chi connectivity index (χ2n) is 8.66. The summed E-state index contributed by atoms with van der Waals surface area (Å²) in [4.78, 5) is 2.22. The van der Waals surface area contributed by atoms with Gasteiger partial charge < -0.3 is 19.1 Å². The summed E-state index contributed by atoms with van der Waals surface area (Å²) in [5.41, 5.74) is 3.97. The van der Waals surface area contributed by atoms with E-state index in [-0.39, 0.29) is 18.0 Å². The average Bonchev–Trinajstić information content (AvgIpc) is 2.82. The van der Waals surface area contributed by atoms with Gasteiger partial charge in [-0.05, 0) is 86.8 Å². The van der Waals surface area contributed by atoms with E-state index in [1.54, 1.807) is 6.07 Å². The monoisotopic (exact) mass is 461 g/mol. The molecule has 3 aromatic rings. The zero-order valence-corrected chi connectivity index (χ0v) is 20.1. The molecule has 1 aliphatic heterocycles. The molecule has 0 radical (unpaired) electrons. The zero-order valence-electron chi connectivity index (χ0n) is 20.1. The van der Waals surface area contributed by atoms with Crippen LogP contribution >= 0.6 is 0 Å². The molecule has 0 fully saturated rings. The van der Waals surface area contributed by atoms with E-state index in [1.807, 2.05) is 57.2 Å². The quantitative estimate of drug-likeness (QED) is 0.356. The fourth-order valence-corrected chi connectivity index (χ4v) is 4.34. The van der Waals surface area contributed by atoms with Gasteiger partial charge in [0.2, 0.25) is 0 Å². The van der Waals surface area contributed by atoms with Crippen LogP contribution < -0.4 is 14.2 Å². The van der Waals surface area contributed by atoms with Crippen LogP contribution in [-0.4, -0.2) is 30.8 Å². The van der Waals surface area contributed by atoms with Gasteiger partial charge in [-0.15, -0.1) is 0 Å². The van der Waals surface area contributed by atoms with E-state index >= 15 is 0 Å². The number of rotatable bonds is 9. The third-order valence-corrected chi connectivity index (χ3v) is 5.89. The Bertz CT molecular complexity index is 1130. The Morgan fingerprint density at radius 1 is 1.00 bits per heavy atom. The Morgan fingerprint density at radius 2 is 1.71 bits per heavy atom. The molecule has 0 saturated heterocycles. The summed E-state index contributed by atoms with van der Waals surface area (Å²) in [7, 11) is 0. The molecule has 0 amide bonds. The molecule has 4 rings (SSSR count).